The Hall–Kier alpha value is 0. The fraction of sp³-hybridized carbons (Fsp3) is 1.00. The van der Waals surface area contributed by atoms with Crippen molar-refractivity contribution in [2.24, 2.45) is 17.8 Å². The van der Waals surface area contributed by atoms with Gasteiger partial charge in [0.05, 0.1) is 0 Å². The topological polar surface area (TPSA) is 0 Å². The van der Waals surface area contributed by atoms with Gasteiger partial charge in [-0.15, -0.1) is 0 Å². The van der Waals surface area contributed by atoms with Gasteiger partial charge in [-0.2, -0.15) is 0 Å². The molecule has 236 valence electrons. The summed E-state index contributed by atoms with van der Waals surface area (Å²) in [6, 6.07) is 0. The van der Waals surface area contributed by atoms with E-state index in [1.54, 1.807) is 0 Å². The van der Waals surface area contributed by atoms with E-state index in [0.29, 0.717) is 0 Å². The molecule has 0 aromatic heterocycles. The van der Waals surface area contributed by atoms with Gasteiger partial charge in [-0.25, -0.2) is 0 Å². The van der Waals surface area contributed by atoms with Gasteiger partial charge in [-0.05, 0) is 17.8 Å². The molecule has 3 atom stereocenters. The first-order valence-corrected chi connectivity index (χ1v) is 19.1. The normalized spacial score (nSPS) is 14.1. The van der Waals surface area contributed by atoms with Gasteiger partial charge in [0.1, 0.15) is 0 Å². The Morgan fingerprint density at radius 2 is 0.410 bits per heavy atom. The highest BCUT2D eigenvalue weighted by Crippen LogP contribution is 2.23. The smallest absolute Gasteiger partial charge is 0.0443 e. The van der Waals surface area contributed by atoms with Crippen molar-refractivity contribution in [2.75, 3.05) is 0 Å². The van der Waals surface area contributed by atoms with Crippen LogP contribution in [0.2, 0.25) is 0 Å². The molecule has 0 aliphatic carbocycles. The van der Waals surface area contributed by atoms with Crippen LogP contribution in [0.15, 0.2) is 0 Å². The molecule has 0 heterocycles. The fourth-order valence-corrected chi connectivity index (χ4v) is 6.55. The maximum atomic E-state index is 2.52. The molecule has 0 amide bonds. The summed E-state index contributed by atoms with van der Waals surface area (Å²) in [7, 11) is 0. The molecular weight excluding hydrogens is 468 g/mol. The van der Waals surface area contributed by atoms with Crippen LogP contribution in [0.3, 0.4) is 0 Å². The molecular formula is C39H80. The number of unbranched alkanes of at least 4 members (excludes halogenated alkanes) is 21. The molecule has 0 spiro atoms. The zero-order valence-electron chi connectivity index (χ0n) is 28.7. The molecule has 0 fully saturated rings. The van der Waals surface area contributed by atoms with E-state index < -0.39 is 0 Å². The Morgan fingerprint density at radius 3 is 0.641 bits per heavy atom. The Labute approximate surface area is 251 Å². The Morgan fingerprint density at radius 1 is 0.231 bits per heavy atom. The van der Waals surface area contributed by atoms with Crippen molar-refractivity contribution < 1.29 is 0 Å². The van der Waals surface area contributed by atoms with Gasteiger partial charge in [0.2, 0.25) is 0 Å². The quantitative estimate of drug-likeness (QED) is 0.0715. The zero-order valence-corrected chi connectivity index (χ0v) is 28.7. The summed E-state index contributed by atoms with van der Waals surface area (Å²) < 4.78 is 0. The summed E-state index contributed by atoms with van der Waals surface area (Å²) in [6.07, 6.45) is 45.5. The molecule has 39 heavy (non-hydrogen) atoms. The van der Waals surface area contributed by atoms with Crippen LogP contribution >= 0.6 is 0 Å². The molecule has 0 heteroatoms. The molecule has 0 rings (SSSR count). The second-order valence-corrected chi connectivity index (χ2v) is 14.2. The van der Waals surface area contributed by atoms with Gasteiger partial charge in [0, 0.05) is 0 Å². The molecule has 0 aliphatic heterocycles. The first kappa shape index (κ1) is 39.0. The standard InChI is InChI=1S/C39H80/c1-6-8-10-12-14-16-17-18-19-20-22-24-26-28-32-38(4)34-30-36-39(5)35-29-33-37(3)31-27-25-23-21-15-13-11-9-7-2/h37-39H,6-36H2,1-5H3. The molecule has 0 aliphatic rings. The van der Waals surface area contributed by atoms with Crippen LogP contribution < -0.4 is 0 Å². The molecule has 0 saturated heterocycles. The minimum atomic E-state index is 0.943. The fourth-order valence-electron chi connectivity index (χ4n) is 6.55. The Kier molecular flexibility index (Phi) is 32.5. The third-order valence-corrected chi connectivity index (χ3v) is 9.64. The lowest BCUT2D eigenvalue weighted by molar-refractivity contribution is 0.373. The van der Waals surface area contributed by atoms with Crippen LogP contribution in [0.5, 0.6) is 0 Å². The molecule has 0 nitrogen and oxygen atoms in total. The average molecular weight is 549 g/mol. The minimum absolute atomic E-state index is 0.943. The third-order valence-electron chi connectivity index (χ3n) is 9.64. The van der Waals surface area contributed by atoms with Gasteiger partial charge in [0.15, 0.2) is 0 Å². The Bertz CT molecular complexity index is 426. The highest BCUT2D eigenvalue weighted by atomic mass is 14.1. The average Bonchev–Trinajstić information content (AvgIpc) is 2.92. The molecule has 3 unspecified atom stereocenters. The minimum Gasteiger partial charge on any atom is -0.0654 e. The largest absolute Gasteiger partial charge is 0.0654 e. The van der Waals surface area contributed by atoms with Crippen LogP contribution in [-0.4, -0.2) is 0 Å². The second kappa shape index (κ2) is 32.5. The molecule has 0 N–H and O–H groups in total. The SMILES string of the molecule is CCCCCCCCCCCCCCCCC(C)CCCC(C)CCCC(C)CCCCCCCCCCC. The van der Waals surface area contributed by atoms with E-state index in [9.17, 15) is 0 Å². The van der Waals surface area contributed by atoms with Crippen molar-refractivity contribution in [3.8, 4) is 0 Å². The molecule has 0 radical (unpaired) electrons. The zero-order chi connectivity index (χ0) is 28.7. The maximum absolute atomic E-state index is 2.52. The molecule has 0 aromatic carbocycles. The van der Waals surface area contributed by atoms with Crippen LogP contribution in [0.1, 0.15) is 234 Å². The van der Waals surface area contributed by atoms with E-state index in [1.165, 1.54) is 199 Å². The van der Waals surface area contributed by atoms with Gasteiger partial charge in [0.25, 0.3) is 0 Å². The highest BCUT2D eigenvalue weighted by Gasteiger charge is 2.08. The van der Waals surface area contributed by atoms with E-state index in [-0.39, 0.29) is 0 Å². The lowest BCUT2D eigenvalue weighted by Gasteiger charge is -2.16. The van der Waals surface area contributed by atoms with Crippen molar-refractivity contribution in [3.05, 3.63) is 0 Å². The molecule has 0 saturated carbocycles. The van der Waals surface area contributed by atoms with Crippen LogP contribution in [0.4, 0.5) is 0 Å². The van der Waals surface area contributed by atoms with Gasteiger partial charge < -0.3 is 0 Å². The van der Waals surface area contributed by atoms with E-state index in [4.69, 9.17) is 0 Å². The van der Waals surface area contributed by atoms with Crippen molar-refractivity contribution in [2.45, 2.75) is 234 Å². The van der Waals surface area contributed by atoms with Crippen molar-refractivity contribution >= 4 is 0 Å². The number of rotatable bonds is 33. The number of hydrogen-bond acceptors (Lipinski definition) is 0. The van der Waals surface area contributed by atoms with Crippen molar-refractivity contribution in [1.29, 1.82) is 0 Å². The lowest BCUT2D eigenvalue weighted by Crippen LogP contribution is -2.01. The summed E-state index contributed by atoms with van der Waals surface area (Å²) in [5.41, 5.74) is 0. The molecule has 0 bridgehead atoms. The predicted octanol–water partition coefficient (Wildman–Crippen LogP) is 15.0. The molecule has 0 aromatic rings. The third kappa shape index (κ3) is 32.4. The van der Waals surface area contributed by atoms with Gasteiger partial charge >= 0.3 is 0 Å². The highest BCUT2D eigenvalue weighted by molar-refractivity contribution is 4.61. The second-order valence-electron chi connectivity index (χ2n) is 14.2. The summed E-state index contributed by atoms with van der Waals surface area (Å²) in [5.74, 6) is 2.84. The number of hydrogen-bond donors (Lipinski definition) is 0. The van der Waals surface area contributed by atoms with E-state index in [0.717, 1.165) is 17.8 Å². The first-order valence-electron chi connectivity index (χ1n) is 19.1. The van der Waals surface area contributed by atoms with Gasteiger partial charge in [-0.3, -0.25) is 0 Å². The maximum Gasteiger partial charge on any atom is -0.0443 e. The van der Waals surface area contributed by atoms with E-state index >= 15 is 0 Å². The van der Waals surface area contributed by atoms with Crippen molar-refractivity contribution in [3.63, 3.8) is 0 Å². The van der Waals surface area contributed by atoms with E-state index in [1.807, 2.05) is 0 Å². The summed E-state index contributed by atoms with van der Waals surface area (Å²) in [5, 5.41) is 0. The van der Waals surface area contributed by atoms with E-state index in [2.05, 4.69) is 34.6 Å². The summed E-state index contributed by atoms with van der Waals surface area (Å²) in [6.45, 7) is 12.2. The van der Waals surface area contributed by atoms with Crippen LogP contribution in [0.25, 0.3) is 0 Å². The first-order chi connectivity index (χ1) is 19.1. The van der Waals surface area contributed by atoms with Gasteiger partial charge in [-0.1, -0.05) is 234 Å². The predicted molar refractivity (Wildman–Crippen MR) is 182 cm³/mol. The van der Waals surface area contributed by atoms with Crippen molar-refractivity contribution in [1.82, 2.24) is 0 Å². The van der Waals surface area contributed by atoms with Crippen LogP contribution in [0, 0.1) is 17.8 Å². The van der Waals surface area contributed by atoms with Crippen LogP contribution in [-0.2, 0) is 0 Å². The summed E-state index contributed by atoms with van der Waals surface area (Å²) in [4.78, 5) is 0. The Balaban J connectivity index is 3.37. The summed E-state index contributed by atoms with van der Waals surface area (Å²) >= 11 is 0. The lowest BCUT2D eigenvalue weighted by atomic mass is 9.90. The monoisotopic (exact) mass is 549 g/mol.